The van der Waals surface area contributed by atoms with Gasteiger partial charge >= 0.3 is 0 Å². The highest BCUT2D eigenvalue weighted by molar-refractivity contribution is 5.94. The van der Waals surface area contributed by atoms with Gasteiger partial charge in [-0.1, -0.05) is 0 Å². The Morgan fingerprint density at radius 3 is 3.00 bits per heavy atom. The van der Waals surface area contributed by atoms with Crippen LogP contribution in [0.3, 0.4) is 0 Å². The van der Waals surface area contributed by atoms with E-state index in [1.165, 1.54) is 23.4 Å². The summed E-state index contributed by atoms with van der Waals surface area (Å²) in [5.41, 5.74) is -0.0653. The molecule has 0 saturated carbocycles. The molecule has 2 aromatic rings. The van der Waals surface area contributed by atoms with Crippen LogP contribution in [0.25, 0.3) is 0 Å². The Labute approximate surface area is 115 Å². The SMILES string of the molecule is N#CCCN(Cc1ccco1)C(=O)c1ccncc1F. The van der Waals surface area contributed by atoms with Crippen LogP contribution in [0.4, 0.5) is 4.39 Å². The molecule has 5 nitrogen and oxygen atoms in total. The van der Waals surface area contributed by atoms with Crippen molar-refractivity contribution in [2.75, 3.05) is 6.54 Å². The van der Waals surface area contributed by atoms with E-state index in [4.69, 9.17) is 9.68 Å². The van der Waals surface area contributed by atoms with Gasteiger partial charge in [0.15, 0.2) is 5.82 Å². The largest absolute Gasteiger partial charge is 0.467 e. The fourth-order valence-corrected chi connectivity index (χ4v) is 1.75. The second-order valence-corrected chi connectivity index (χ2v) is 4.07. The van der Waals surface area contributed by atoms with E-state index in [1.807, 2.05) is 6.07 Å². The molecular formula is C14H12FN3O2. The van der Waals surface area contributed by atoms with Gasteiger partial charge in [-0.25, -0.2) is 4.39 Å². The van der Waals surface area contributed by atoms with Crippen LogP contribution < -0.4 is 0 Å². The van der Waals surface area contributed by atoms with E-state index in [1.54, 1.807) is 12.1 Å². The maximum absolute atomic E-state index is 13.6. The van der Waals surface area contributed by atoms with Crippen LogP contribution in [0, 0.1) is 17.1 Å². The highest BCUT2D eigenvalue weighted by atomic mass is 19.1. The Balaban J connectivity index is 2.20. The lowest BCUT2D eigenvalue weighted by Gasteiger charge is -2.20. The summed E-state index contributed by atoms with van der Waals surface area (Å²) in [6, 6.07) is 6.71. The Morgan fingerprint density at radius 1 is 1.50 bits per heavy atom. The zero-order chi connectivity index (χ0) is 14.4. The molecule has 0 N–H and O–H groups in total. The second kappa shape index (κ2) is 6.48. The number of pyridine rings is 1. The van der Waals surface area contributed by atoms with Crippen molar-refractivity contribution < 1.29 is 13.6 Å². The smallest absolute Gasteiger partial charge is 0.257 e. The predicted octanol–water partition coefficient (Wildman–Crippen LogP) is 2.37. The first-order valence-electron chi connectivity index (χ1n) is 6.00. The molecule has 0 atom stereocenters. The topological polar surface area (TPSA) is 70.1 Å². The molecule has 0 aliphatic rings. The average molecular weight is 273 g/mol. The average Bonchev–Trinajstić information content (AvgIpc) is 2.96. The highest BCUT2D eigenvalue weighted by Crippen LogP contribution is 2.13. The van der Waals surface area contributed by atoms with Crippen molar-refractivity contribution in [3.63, 3.8) is 0 Å². The van der Waals surface area contributed by atoms with Crippen LogP contribution in [-0.2, 0) is 6.54 Å². The third-order valence-corrected chi connectivity index (χ3v) is 2.71. The molecule has 6 heteroatoms. The number of hydrogen-bond acceptors (Lipinski definition) is 4. The number of furan rings is 1. The molecule has 0 saturated heterocycles. The quantitative estimate of drug-likeness (QED) is 0.838. The molecule has 2 aromatic heterocycles. The number of amides is 1. The van der Waals surface area contributed by atoms with Gasteiger partial charge in [0.25, 0.3) is 5.91 Å². The van der Waals surface area contributed by atoms with Crippen LogP contribution in [0.15, 0.2) is 41.3 Å². The van der Waals surface area contributed by atoms with Crippen LogP contribution >= 0.6 is 0 Å². The van der Waals surface area contributed by atoms with Crippen molar-refractivity contribution in [1.29, 1.82) is 5.26 Å². The number of hydrogen-bond donors (Lipinski definition) is 0. The number of nitriles is 1. The Morgan fingerprint density at radius 2 is 2.35 bits per heavy atom. The van der Waals surface area contributed by atoms with Gasteiger partial charge in [0, 0.05) is 12.7 Å². The Bertz CT molecular complexity index is 620. The summed E-state index contributed by atoms with van der Waals surface area (Å²) >= 11 is 0. The van der Waals surface area contributed by atoms with Gasteiger partial charge in [0.05, 0.1) is 37.1 Å². The summed E-state index contributed by atoms with van der Waals surface area (Å²) in [4.78, 5) is 17.3. The molecule has 102 valence electrons. The van der Waals surface area contributed by atoms with Crippen molar-refractivity contribution in [3.05, 3.63) is 54.0 Å². The molecular weight excluding hydrogens is 261 g/mol. The van der Waals surface area contributed by atoms with Crippen LogP contribution in [-0.4, -0.2) is 22.3 Å². The van der Waals surface area contributed by atoms with E-state index < -0.39 is 11.7 Å². The predicted molar refractivity (Wildman–Crippen MR) is 67.9 cm³/mol. The molecule has 1 amide bonds. The molecule has 20 heavy (non-hydrogen) atoms. The first-order chi connectivity index (χ1) is 9.72. The Hall–Kier alpha value is -2.68. The number of carbonyl (C=O) groups is 1. The monoisotopic (exact) mass is 273 g/mol. The molecule has 2 heterocycles. The van der Waals surface area contributed by atoms with Gasteiger partial charge in [-0.15, -0.1) is 0 Å². The van der Waals surface area contributed by atoms with Gasteiger partial charge in [-0.2, -0.15) is 5.26 Å². The van der Waals surface area contributed by atoms with Gasteiger partial charge < -0.3 is 9.32 Å². The maximum Gasteiger partial charge on any atom is 0.257 e. The lowest BCUT2D eigenvalue weighted by Crippen LogP contribution is -2.32. The highest BCUT2D eigenvalue weighted by Gasteiger charge is 2.20. The van der Waals surface area contributed by atoms with E-state index in [-0.39, 0.29) is 25.1 Å². The minimum absolute atomic E-state index is 0.0653. The van der Waals surface area contributed by atoms with E-state index in [0.717, 1.165) is 6.20 Å². The Kier molecular flexibility index (Phi) is 4.45. The van der Waals surface area contributed by atoms with Crippen molar-refractivity contribution in [3.8, 4) is 6.07 Å². The van der Waals surface area contributed by atoms with Crippen LogP contribution in [0.2, 0.25) is 0 Å². The fourth-order valence-electron chi connectivity index (χ4n) is 1.75. The van der Waals surface area contributed by atoms with Crippen molar-refractivity contribution in [1.82, 2.24) is 9.88 Å². The van der Waals surface area contributed by atoms with Crippen molar-refractivity contribution in [2.24, 2.45) is 0 Å². The molecule has 0 bridgehead atoms. The van der Waals surface area contributed by atoms with Gasteiger partial charge in [-0.3, -0.25) is 9.78 Å². The first-order valence-corrected chi connectivity index (χ1v) is 6.00. The molecule has 0 aliphatic carbocycles. The minimum atomic E-state index is -0.682. The maximum atomic E-state index is 13.6. The summed E-state index contributed by atoms with van der Waals surface area (Å²) in [5.74, 6) is -0.596. The third kappa shape index (κ3) is 3.20. The normalized spacial score (nSPS) is 10.0. The number of halogens is 1. The van der Waals surface area contributed by atoms with Crippen LogP contribution in [0.5, 0.6) is 0 Å². The van der Waals surface area contributed by atoms with Gasteiger partial charge in [-0.05, 0) is 18.2 Å². The van der Waals surface area contributed by atoms with Crippen LogP contribution in [0.1, 0.15) is 22.5 Å². The summed E-state index contributed by atoms with van der Waals surface area (Å²) in [6.45, 7) is 0.396. The van der Waals surface area contributed by atoms with E-state index in [2.05, 4.69) is 4.98 Å². The van der Waals surface area contributed by atoms with Crippen molar-refractivity contribution in [2.45, 2.75) is 13.0 Å². The van der Waals surface area contributed by atoms with Gasteiger partial charge in [0.2, 0.25) is 0 Å². The van der Waals surface area contributed by atoms with Gasteiger partial charge in [0.1, 0.15) is 5.76 Å². The zero-order valence-corrected chi connectivity index (χ0v) is 10.6. The number of carbonyl (C=O) groups excluding carboxylic acids is 1. The number of aromatic nitrogens is 1. The number of rotatable bonds is 5. The minimum Gasteiger partial charge on any atom is -0.467 e. The summed E-state index contributed by atoms with van der Waals surface area (Å²) < 4.78 is 18.8. The van der Waals surface area contributed by atoms with E-state index >= 15 is 0 Å². The molecule has 0 unspecified atom stereocenters. The third-order valence-electron chi connectivity index (χ3n) is 2.71. The lowest BCUT2D eigenvalue weighted by atomic mass is 10.2. The zero-order valence-electron chi connectivity index (χ0n) is 10.6. The van der Waals surface area contributed by atoms with Crippen molar-refractivity contribution >= 4 is 5.91 Å². The standard InChI is InChI=1S/C14H12FN3O2/c15-13-9-17-6-4-12(13)14(19)18(7-2-5-16)10-11-3-1-8-20-11/h1,3-4,6,8-9H,2,7,10H2. The molecule has 0 aliphatic heterocycles. The molecule has 0 radical (unpaired) electrons. The summed E-state index contributed by atoms with van der Waals surface area (Å²) in [6.07, 6.45) is 4.00. The molecule has 0 spiro atoms. The lowest BCUT2D eigenvalue weighted by molar-refractivity contribution is 0.0730. The first kappa shape index (κ1) is 13.7. The molecule has 0 aromatic carbocycles. The van der Waals surface area contributed by atoms with E-state index in [0.29, 0.717) is 5.76 Å². The summed E-state index contributed by atoms with van der Waals surface area (Å²) in [7, 11) is 0. The number of nitrogens with zero attached hydrogens (tertiary/aromatic N) is 3. The fraction of sp³-hybridized carbons (Fsp3) is 0.214. The summed E-state index contributed by atoms with van der Waals surface area (Å²) in [5, 5.41) is 8.65. The molecule has 0 fully saturated rings. The molecule has 2 rings (SSSR count). The second-order valence-electron chi connectivity index (χ2n) is 4.07. The van der Waals surface area contributed by atoms with E-state index in [9.17, 15) is 9.18 Å².